The van der Waals surface area contributed by atoms with E-state index in [1.807, 2.05) is 13.0 Å². The van der Waals surface area contributed by atoms with Crippen LogP contribution in [0, 0.1) is 23.1 Å². The number of halogens is 1. The Bertz CT molecular complexity index is 1330. The molecule has 3 aromatic heterocycles. The van der Waals surface area contributed by atoms with Gasteiger partial charge in [-0.05, 0) is 64.7 Å². The quantitative estimate of drug-likeness (QED) is 0.370. The number of nitrogens with zero attached hydrogens (tertiary/aromatic N) is 5. The Balaban J connectivity index is 1.58. The highest BCUT2D eigenvalue weighted by Crippen LogP contribution is 2.36. The normalized spacial score (nSPS) is 14.7. The second-order valence-electron chi connectivity index (χ2n) is 10.1. The summed E-state index contributed by atoms with van der Waals surface area (Å²) in [5.74, 6) is 0.0305. The van der Waals surface area contributed by atoms with Gasteiger partial charge in [-0.1, -0.05) is 0 Å². The van der Waals surface area contributed by atoms with E-state index in [0.29, 0.717) is 17.3 Å². The molecule has 12 heteroatoms. The van der Waals surface area contributed by atoms with Gasteiger partial charge in [-0.15, -0.1) is 0 Å². The third kappa shape index (κ3) is 6.47. The Labute approximate surface area is 220 Å². The molecule has 0 aliphatic heterocycles. The Morgan fingerprint density at radius 1 is 1.29 bits per heavy atom. The first-order chi connectivity index (χ1) is 18.1. The van der Waals surface area contributed by atoms with Crippen molar-refractivity contribution in [2.75, 3.05) is 17.7 Å². The maximum absolute atomic E-state index is 15.0. The van der Waals surface area contributed by atoms with E-state index >= 15 is 4.39 Å². The average molecular weight is 523 g/mol. The van der Waals surface area contributed by atoms with Crippen LogP contribution in [0.5, 0.6) is 5.88 Å². The van der Waals surface area contributed by atoms with E-state index in [0.717, 1.165) is 18.9 Å². The molecule has 3 aromatic rings. The van der Waals surface area contributed by atoms with Crippen LogP contribution in [0.15, 0.2) is 36.8 Å². The molecule has 200 valence electrons. The summed E-state index contributed by atoms with van der Waals surface area (Å²) in [5.41, 5.74) is 0.447. The lowest BCUT2D eigenvalue weighted by Gasteiger charge is -2.28. The van der Waals surface area contributed by atoms with Crippen molar-refractivity contribution in [2.24, 2.45) is 5.92 Å². The first-order valence-corrected chi connectivity index (χ1v) is 12.3. The van der Waals surface area contributed by atoms with Crippen LogP contribution in [-0.4, -0.2) is 50.6 Å². The zero-order valence-electron chi connectivity index (χ0n) is 21.9. The fourth-order valence-electron chi connectivity index (χ4n) is 4.00. The number of anilines is 3. The summed E-state index contributed by atoms with van der Waals surface area (Å²) in [6.45, 7) is 7.19. The van der Waals surface area contributed by atoms with Gasteiger partial charge in [-0.3, -0.25) is 0 Å². The van der Waals surface area contributed by atoms with Crippen LogP contribution in [0.2, 0.25) is 0 Å². The summed E-state index contributed by atoms with van der Waals surface area (Å²) in [6.07, 6.45) is 6.22. The van der Waals surface area contributed by atoms with E-state index in [9.17, 15) is 10.1 Å². The zero-order valence-corrected chi connectivity index (χ0v) is 21.9. The van der Waals surface area contributed by atoms with E-state index in [2.05, 4.69) is 31.0 Å². The Morgan fingerprint density at radius 3 is 2.66 bits per heavy atom. The van der Waals surface area contributed by atoms with Gasteiger partial charge in [0, 0.05) is 18.4 Å². The molecule has 1 aliphatic rings. The van der Waals surface area contributed by atoms with E-state index in [1.165, 1.54) is 13.3 Å². The SMILES string of the molecule is COc1ncc(Nc2nc(N[C@H](C3CC3)[C@H](C)NC(=O)OC(C)(C)C)c(F)cc2C#N)cc1-n1cccn1. The van der Waals surface area contributed by atoms with Gasteiger partial charge in [0.15, 0.2) is 17.5 Å². The number of nitriles is 1. The number of ether oxygens (including phenoxy) is 2. The standard InChI is InChI=1S/C26H31FN8O3/c1-15(31-25(36)38-26(2,3)4)21(16-7-8-16)33-23-19(27)11-17(13-28)22(34-23)32-18-12-20(24(37-5)29-14-18)35-10-6-9-30-35/h6,9-12,14-16,21H,7-8H2,1-5H3,(H,31,36)(H2,32,33,34)/t15-,21-/m0/s1. The number of aromatic nitrogens is 4. The number of hydrogen-bond acceptors (Lipinski definition) is 9. The summed E-state index contributed by atoms with van der Waals surface area (Å²) in [7, 11) is 1.50. The number of methoxy groups -OCH3 is 1. The van der Waals surface area contributed by atoms with E-state index in [1.54, 1.807) is 50.0 Å². The van der Waals surface area contributed by atoms with Crippen LogP contribution in [0.4, 0.5) is 26.5 Å². The number of rotatable bonds is 9. The Kier molecular flexibility index (Phi) is 7.66. The Morgan fingerprint density at radius 2 is 2.05 bits per heavy atom. The smallest absolute Gasteiger partial charge is 0.407 e. The predicted molar refractivity (Wildman–Crippen MR) is 139 cm³/mol. The lowest BCUT2D eigenvalue weighted by Crippen LogP contribution is -2.47. The monoisotopic (exact) mass is 522 g/mol. The van der Waals surface area contributed by atoms with E-state index in [4.69, 9.17) is 9.47 Å². The molecule has 0 radical (unpaired) electrons. The van der Waals surface area contributed by atoms with Crippen molar-refractivity contribution in [3.05, 3.63) is 48.2 Å². The molecule has 0 spiro atoms. The highest BCUT2D eigenvalue weighted by atomic mass is 19.1. The maximum atomic E-state index is 15.0. The molecule has 11 nitrogen and oxygen atoms in total. The number of hydrogen-bond donors (Lipinski definition) is 3. The predicted octanol–water partition coefficient (Wildman–Crippen LogP) is 4.53. The fraction of sp³-hybridized carbons (Fsp3) is 0.423. The topological polar surface area (TPSA) is 139 Å². The lowest BCUT2D eigenvalue weighted by atomic mass is 10.0. The van der Waals surface area contributed by atoms with Gasteiger partial charge in [-0.2, -0.15) is 10.4 Å². The van der Waals surface area contributed by atoms with Crippen LogP contribution < -0.4 is 20.7 Å². The zero-order chi connectivity index (χ0) is 27.4. The minimum atomic E-state index is -0.674. The van der Waals surface area contributed by atoms with Gasteiger partial charge in [0.25, 0.3) is 0 Å². The van der Waals surface area contributed by atoms with Crippen molar-refractivity contribution >= 4 is 23.4 Å². The first kappa shape index (κ1) is 26.7. The van der Waals surface area contributed by atoms with Gasteiger partial charge < -0.3 is 25.4 Å². The van der Waals surface area contributed by atoms with Crippen LogP contribution >= 0.6 is 0 Å². The highest BCUT2D eigenvalue weighted by molar-refractivity contribution is 5.69. The summed E-state index contributed by atoms with van der Waals surface area (Å²) >= 11 is 0. The van der Waals surface area contributed by atoms with Gasteiger partial charge in [0.05, 0.1) is 30.6 Å². The lowest BCUT2D eigenvalue weighted by molar-refractivity contribution is 0.0501. The molecule has 1 aliphatic carbocycles. The minimum absolute atomic E-state index is 0.0207. The molecular weight excluding hydrogens is 491 g/mol. The summed E-state index contributed by atoms with van der Waals surface area (Å²) in [5, 5.41) is 22.9. The van der Waals surface area contributed by atoms with E-state index in [-0.39, 0.29) is 35.2 Å². The number of amides is 1. The third-order valence-electron chi connectivity index (χ3n) is 5.85. The van der Waals surface area contributed by atoms with E-state index < -0.39 is 17.5 Å². The first-order valence-electron chi connectivity index (χ1n) is 12.3. The Hall–Kier alpha value is -4.40. The average Bonchev–Trinajstić information content (AvgIpc) is 3.54. The van der Waals surface area contributed by atoms with Gasteiger partial charge in [0.1, 0.15) is 17.4 Å². The van der Waals surface area contributed by atoms with Crippen molar-refractivity contribution in [1.29, 1.82) is 5.26 Å². The minimum Gasteiger partial charge on any atom is -0.479 e. The number of carbonyl (C=O) groups excluding carboxylic acids is 1. The summed E-state index contributed by atoms with van der Waals surface area (Å²) in [6, 6.07) is 5.94. The summed E-state index contributed by atoms with van der Waals surface area (Å²) in [4.78, 5) is 21.0. The number of carbonyl (C=O) groups is 1. The summed E-state index contributed by atoms with van der Waals surface area (Å²) < 4.78 is 27.3. The van der Waals surface area contributed by atoms with Crippen LogP contribution in [-0.2, 0) is 4.74 Å². The van der Waals surface area contributed by atoms with Crippen LogP contribution in [0.3, 0.4) is 0 Å². The van der Waals surface area contributed by atoms with Crippen molar-refractivity contribution < 1.29 is 18.7 Å². The molecule has 4 rings (SSSR count). The van der Waals surface area contributed by atoms with Crippen LogP contribution in [0.1, 0.15) is 46.1 Å². The van der Waals surface area contributed by atoms with Gasteiger partial charge >= 0.3 is 6.09 Å². The fourth-order valence-corrected chi connectivity index (χ4v) is 4.00. The molecular formula is C26H31FN8O3. The molecule has 0 saturated heterocycles. The van der Waals surface area contributed by atoms with Crippen molar-refractivity contribution in [3.8, 4) is 17.6 Å². The molecule has 1 amide bonds. The molecule has 3 N–H and O–H groups in total. The van der Waals surface area contributed by atoms with Crippen molar-refractivity contribution in [1.82, 2.24) is 25.1 Å². The van der Waals surface area contributed by atoms with Crippen molar-refractivity contribution in [3.63, 3.8) is 0 Å². The molecule has 2 atom stereocenters. The van der Waals surface area contributed by atoms with Gasteiger partial charge in [-0.25, -0.2) is 23.8 Å². The maximum Gasteiger partial charge on any atom is 0.407 e. The number of pyridine rings is 2. The molecule has 3 heterocycles. The van der Waals surface area contributed by atoms with Crippen molar-refractivity contribution in [2.45, 2.75) is 58.2 Å². The molecule has 0 unspecified atom stereocenters. The molecule has 1 saturated carbocycles. The van der Waals surface area contributed by atoms with Gasteiger partial charge in [0.2, 0.25) is 5.88 Å². The molecule has 0 aromatic carbocycles. The molecule has 38 heavy (non-hydrogen) atoms. The second-order valence-corrected chi connectivity index (χ2v) is 10.1. The number of alkyl carbamates (subject to hydrolysis) is 1. The third-order valence-corrected chi connectivity index (χ3v) is 5.85. The molecule has 0 bridgehead atoms. The largest absolute Gasteiger partial charge is 0.479 e. The second kappa shape index (κ2) is 10.9. The number of nitrogens with one attached hydrogen (secondary N) is 3. The van der Waals surface area contributed by atoms with Crippen LogP contribution in [0.25, 0.3) is 5.69 Å². The molecule has 1 fully saturated rings. The highest BCUT2D eigenvalue weighted by Gasteiger charge is 2.37.